The number of alkyl halides is 3. The zero-order valence-electron chi connectivity index (χ0n) is 19.1. The average molecular weight is 477 g/mol. The molecule has 0 radical (unpaired) electrons. The molecule has 2 saturated carbocycles. The van der Waals surface area contributed by atoms with E-state index in [1.165, 1.54) is 25.2 Å². The lowest BCUT2D eigenvalue weighted by molar-refractivity contribution is -0.137. The summed E-state index contributed by atoms with van der Waals surface area (Å²) >= 11 is 0. The summed E-state index contributed by atoms with van der Waals surface area (Å²) in [6.07, 6.45) is 3.96. The molecule has 1 saturated heterocycles. The third kappa shape index (κ3) is 5.20. The number of aliphatic hydroxyl groups is 1. The molecular weight excluding hydrogens is 445 g/mol. The highest BCUT2D eigenvalue weighted by Crippen LogP contribution is 2.41. The van der Waals surface area contributed by atoms with Gasteiger partial charge < -0.3 is 10.4 Å². The quantitative estimate of drug-likeness (QED) is 0.592. The molecule has 2 N–H and O–H groups in total. The van der Waals surface area contributed by atoms with Crippen molar-refractivity contribution in [2.45, 2.75) is 63.3 Å². The maximum Gasteiger partial charge on any atom is 0.416 e. The van der Waals surface area contributed by atoms with Gasteiger partial charge in [0.1, 0.15) is 12.1 Å². The highest BCUT2D eigenvalue weighted by molar-refractivity contribution is 5.91. The normalized spacial score (nSPS) is 25.2. The van der Waals surface area contributed by atoms with Gasteiger partial charge in [-0.05, 0) is 74.5 Å². The van der Waals surface area contributed by atoms with Gasteiger partial charge in [-0.1, -0.05) is 0 Å². The summed E-state index contributed by atoms with van der Waals surface area (Å²) in [5.41, 5.74) is -0.373. The fraction of sp³-hybridized carbons (Fsp3) is 0.640. The number of hydrogen-bond donors (Lipinski definition) is 2. The second kappa shape index (κ2) is 9.41. The van der Waals surface area contributed by atoms with E-state index < -0.39 is 11.7 Å². The average Bonchev–Trinajstić information content (AvgIpc) is 3.64. The van der Waals surface area contributed by atoms with Crippen molar-refractivity contribution in [2.75, 3.05) is 25.0 Å². The number of likely N-dealkylation sites (tertiary alicyclic amines) is 1. The van der Waals surface area contributed by atoms with Gasteiger partial charge in [0.15, 0.2) is 5.78 Å². The molecule has 1 aliphatic heterocycles. The fourth-order valence-corrected chi connectivity index (χ4v) is 5.62. The van der Waals surface area contributed by atoms with Gasteiger partial charge in [0.25, 0.3) is 0 Å². The number of fused-ring (bicyclic) bond motifs is 1. The second-order valence-electron chi connectivity index (χ2n) is 10.3. The van der Waals surface area contributed by atoms with Crippen LogP contribution in [0.25, 0.3) is 10.9 Å². The Morgan fingerprint density at radius 3 is 2.41 bits per heavy atom. The SMILES string of the molecule is O=C(CNc1ncnc2ccc(C(F)(F)F)cc12)CC1CN(C2CCC(C(O)C3CC3)CC2)C1. The Morgan fingerprint density at radius 1 is 1.09 bits per heavy atom. The van der Waals surface area contributed by atoms with E-state index in [1.54, 1.807) is 0 Å². The monoisotopic (exact) mass is 476 g/mol. The van der Waals surface area contributed by atoms with Crippen LogP contribution in [0.4, 0.5) is 19.0 Å². The lowest BCUT2D eigenvalue weighted by Crippen LogP contribution is -2.54. The predicted molar refractivity (Wildman–Crippen MR) is 122 cm³/mol. The molecule has 6 nitrogen and oxygen atoms in total. The van der Waals surface area contributed by atoms with Crippen LogP contribution in [-0.4, -0.2) is 57.5 Å². The van der Waals surface area contributed by atoms with Gasteiger partial charge in [-0.2, -0.15) is 13.2 Å². The smallest absolute Gasteiger partial charge is 0.393 e. The molecule has 34 heavy (non-hydrogen) atoms. The summed E-state index contributed by atoms with van der Waals surface area (Å²) in [6, 6.07) is 3.89. The van der Waals surface area contributed by atoms with E-state index in [-0.39, 0.29) is 29.6 Å². The number of carbonyl (C=O) groups is 1. The molecule has 1 aromatic carbocycles. The van der Waals surface area contributed by atoms with Crippen molar-refractivity contribution in [3.8, 4) is 0 Å². The number of benzene rings is 1. The number of aromatic nitrogens is 2. The first kappa shape index (κ1) is 23.5. The Bertz CT molecular complexity index is 1030. The molecule has 2 heterocycles. The fourth-order valence-electron chi connectivity index (χ4n) is 5.62. The van der Waals surface area contributed by atoms with Crippen molar-refractivity contribution in [2.24, 2.45) is 17.8 Å². The molecule has 3 aliphatic rings. The van der Waals surface area contributed by atoms with Gasteiger partial charge in [-0.15, -0.1) is 0 Å². The van der Waals surface area contributed by atoms with Crippen LogP contribution in [0.15, 0.2) is 24.5 Å². The molecule has 1 atom stereocenters. The minimum Gasteiger partial charge on any atom is -0.393 e. The van der Waals surface area contributed by atoms with E-state index in [2.05, 4.69) is 20.2 Å². The van der Waals surface area contributed by atoms with Crippen LogP contribution in [0.5, 0.6) is 0 Å². The van der Waals surface area contributed by atoms with Crippen LogP contribution >= 0.6 is 0 Å². The summed E-state index contributed by atoms with van der Waals surface area (Å²) in [7, 11) is 0. The summed E-state index contributed by atoms with van der Waals surface area (Å²) in [6.45, 7) is 1.86. The molecule has 2 aromatic rings. The Kier molecular flexibility index (Phi) is 6.50. The first-order valence-electron chi connectivity index (χ1n) is 12.3. The maximum atomic E-state index is 13.1. The van der Waals surface area contributed by atoms with Gasteiger partial charge in [0.2, 0.25) is 0 Å². The molecule has 5 rings (SSSR count). The first-order valence-corrected chi connectivity index (χ1v) is 12.3. The number of hydrogen-bond acceptors (Lipinski definition) is 6. The lowest BCUT2D eigenvalue weighted by atomic mass is 9.79. The van der Waals surface area contributed by atoms with E-state index in [0.29, 0.717) is 35.7 Å². The molecular formula is C25H31F3N4O2. The van der Waals surface area contributed by atoms with Crippen LogP contribution in [0.1, 0.15) is 50.5 Å². The number of ketones is 1. The van der Waals surface area contributed by atoms with Crippen molar-refractivity contribution in [1.29, 1.82) is 0 Å². The van der Waals surface area contributed by atoms with E-state index >= 15 is 0 Å². The minimum absolute atomic E-state index is 0.0275. The molecule has 0 bridgehead atoms. The van der Waals surface area contributed by atoms with E-state index in [4.69, 9.17) is 0 Å². The largest absolute Gasteiger partial charge is 0.416 e. The van der Waals surface area contributed by atoms with Gasteiger partial charge in [-0.25, -0.2) is 9.97 Å². The van der Waals surface area contributed by atoms with Crippen LogP contribution in [0.2, 0.25) is 0 Å². The maximum absolute atomic E-state index is 13.1. The number of Topliss-reactive ketones (excluding diaryl/α,β-unsaturated/α-hetero) is 1. The zero-order valence-corrected chi connectivity index (χ0v) is 19.1. The number of halogens is 3. The highest BCUT2D eigenvalue weighted by Gasteiger charge is 2.40. The predicted octanol–water partition coefficient (Wildman–Crippen LogP) is 4.28. The molecule has 184 valence electrons. The summed E-state index contributed by atoms with van der Waals surface area (Å²) < 4.78 is 39.2. The molecule has 0 amide bonds. The van der Waals surface area contributed by atoms with Crippen LogP contribution in [0, 0.1) is 17.8 Å². The van der Waals surface area contributed by atoms with Crippen molar-refractivity contribution < 1.29 is 23.1 Å². The topological polar surface area (TPSA) is 78.4 Å². The lowest BCUT2D eigenvalue weighted by Gasteiger charge is -2.47. The van der Waals surface area contributed by atoms with Crippen LogP contribution in [0.3, 0.4) is 0 Å². The Morgan fingerprint density at radius 2 is 1.76 bits per heavy atom. The van der Waals surface area contributed by atoms with Crippen molar-refractivity contribution in [3.05, 3.63) is 30.1 Å². The highest BCUT2D eigenvalue weighted by atomic mass is 19.4. The molecule has 9 heteroatoms. The number of aliphatic hydroxyl groups excluding tert-OH is 1. The van der Waals surface area contributed by atoms with Crippen LogP contribution in [-0.2, 0) is 11.0 Å². The van der Waals surface area contributed by atoms with Crippen molar-refractivity contribution in [3.63, 3.8) is 0 Å². The van der Waals surface area contributed by atoms with E-state index in [1.807, 2.05) is 0 Å². The molecule has 1 aromatic heterocycles. The molecule has 3 fully saturated rings. The summed E-state index contributed by atoms with van der Waals surface area (Å²) in [5.74, 6) is 1.59. The van der Waals surface area contributed by atoms with Gasteiger partial charge in [-0.3, -0.25) is 9.69 Å². The Balaban J connectivity index is 1.08. The number of rotatable bonds is 8. The van der Waals surface area contributed by atoms with Gasteiger partial charge in [0.05, 0.1) is 23.7 Å². The van der Waals surface area contributed by atoms with E-state index in [9.17, 15) is 23.1 Å². The number of anilines is 1. The van der Waals surface area contributed by atoms with Gasteiger partial charge >= 0.3 is 6.18 Å². The molecule has 1 unspecified atom stereocenters. The standard InChI is InChI=1S/C25H31F3N4O2/c26-25(27,28)18-5-8-22-21(10-18)24(31-14-30-22)29-11-20(33)9-15-12-32(13-15)19-6-3-17(4-7-19)23(34)16-1-2-16/h5,8,10,14-17,19,23,34H,1-4,6-7,9,11-13H2,(H,29,30,31). The Labute approximate surface area is 197 Å². The third-order valence-electron chi connectivity index (χ3n) is 7.76. The Hall–Kier alpha value is -2.26. The first-order chi connectivity index (χ1) is 16.3. The van der Waals surface area contributed by atoms with Crippen molar-refractivity contribution >= 4 is 22.5 Å². The number of nitrogens with one attached hydrogen (secondary N) is 1. The third-order valence-corrected chi connectivity index (χ3v) is 7.76. The van der Waals surface area contributed by atoms with Crippen molar-refractivity contribution in [1.82, 2.24) is 14.9 Å². The number of carbonyl (C=O) groups excluding carboxylic acids is 1. The van der Waals surface area contributed by atoms with E-state index in [0.717, 1.165) is 50.9 Å². The summed E-state index contributed by atoms with van der Waals surface area (Å²) in [4.78, 5) is 23.1. The minimum atomic E-state index is -4.45. The zero-order chi connectivity index (χ0) is 23.9. The van der Waals surface area contributed by atoms with Gasteiger partial charge in [0, 0.05) is 30.9 Å². The summed E-state index contributed by atoms with van der Waals surface area (Å²) in [5, 5.41) is 13.5. The number of nitrogens with zero attached hydrogens (tertiary/aromatic N) is 3. The van der Waals surface area contributed by atoms with Crippen LogP contribution < -0.4 is 5.32 Å². The molecule has 2 aliphatic carbocycles. The second-order valence-corrected chi connectivity index (χ2v) is 10.3. The molecule has 0 spiro atoms.